The number of amides is 2. The number of thiazole rings is 1. The van der Waals surface area contributed by atoms with Gasteiger partial charge in [0.1, 0.15) is 0 Å². The lowest BCUT2D eigenvalue weighted by atomic mass is 9.91. The Hall–Kier alpha value is -3.04. The van der Waals surface area contributed by atoms with Crippen LogP contribution in [0.4, 0.5) is 5.69 Å². The molecule has 0 bridgehead atoms. The molecule has 1 unspecified atom stereocenters. The third kappa shape index (κ3) is 4.14. The number of hydrogen-bond donors (Lipinski definition) is 2. The normalized spacial score (nSPS) is 20.1. The number of sulfone groups is 1. The van der Waals surface area contributed by atoms with Gasteiger partial charge < -0.3 is 10.6 Å². The quantitative estimate of drug-likeness (QED) is 0.543. The van der Waals surface area contributed by atoms with Crippen molar-refractivity contribution < 1.29 is 18.0 Å². The van der Waals surface area contributed by atoms with Gasteiger partial charge in [0.2, 0.25) is 9.84 Å². The molecule has 2 heterocycles. The van der Waals surface area contributed by atoms with E-state index in [1.54, 1.807) is 23.5 Å². The molecule has 34 heavy (non-hydrogen) atoms. The van der Waals surface area contributed by atoms with Crippen molar-refractivity contribution in [2.75, 3.05) is 5.32 Å². The molecule has 1 fully saturated rings. The van der Waals surface area contributed by atoms with Crippen molar-refractivity contribution in [2.45, 2.75) is 55.4 Å². The summed E-state index contributed by atoms with van der Waals surface area (Å²) in [6.07, 6.45) is 5.27. The molecule has 2 N–H and O–H groups in total. The highest BCUT2D eigenvalue weighted by atomic mass is 32.2. The fourth-order valence-corrected chi connectivity index (χ4v) is 7.29. The predicted octanol–water partition coefficient (Wildman–Crippen LogP) is 4.77. The highest BCUT2D eigenvalue weighted by molar-refractivity contribution is 7.91. The van der Waals surface area contributed by atoms with Crippen LogP contribution in [0.15, 0.2) is 58.5 Å². The smallest absolute Gasteiger partial charge is 0.257 e. The maximum atomic E-state index is 13.1. The second kappa shape index (κ2) is 8.32. The van der Waals surface area contributed by atoms with Gasteiger partial charge in [-0.15, -0.1) is 11.3 Å². The molecule has 2 aliphatic rings. The maximum absolute atomic E-state index is 13.1. The number of aromatic nitrogens is 1. The van der Waals surface area contributed by atoms with Gasteiger partial charge in [-0.25, -0.2) is 13.4 Å². The van der Waals surface area contributed by atoms with Gasteiger partial charge in [-0.05, 0) is 55.0 Å². The Labute approximate surface area is 202 Å². The SMILES string of the molecule is CC1(C)CCC(c2ncc(CNC(=O)c3ccc4c(c3)NC(=O)c3ccccc3S4(=O)=O)s2)C1. The van der Waals surface area contributed by atoms with E-state index in [0.717, 1.165) is 22.7 Å². The molecule has 0 radical (unpaired) electrons. The third-order valence-electron chi connectivity index (χ3n) is 6.51. The first kappa shape index (κ1) is 22.7. The van der Waals surface area contributed by atoms with Crippen LogP contribution in [0, 0.1) is 5.41 Å². The Bertz CT molecular complexity index is 1410. The summed E-state index contributed by atoms with van der Waals surface area (Å²) in [4.78, 5) is 30.9. The van der Waals surface area contributed by atoms with E-state index < -0.39 is 15.7 Å². The lowest BCUT2D eigenvalue weighted by Crippen LogP contribution is -2.22. The summed E-state index contributed by atoms with van der Waals surface area (Å²) in [5, 5.41) is 6.63. The van der Waals surface area contributed by atoms with E-state index in [1.807, 2.05) is 6.20 Å². The first-order valence-electron chi connectivity index (χ1n) is 11.2. The van der Waals surface area contributed by atoms with Crippen molar-refractivity contribution in [3.05, 3.63) is 69.7 Å². The van der Waals surface area contributed by atoms with E-state index in [9.17, 15) is 18.0 Å². The largest absolute Gasteiger partial charge is 0.347 e. The number of carbonyl (C=O) groups is 2. The summed E-state index contributed by atoms with van der Waals surface area (Å²) in [5.41, 5.74) is 0.789. The van der Waals surface area contributed by atoms with E-state index in [4.69, 9.17) is 0 Å². The van der Waals surface area contributed by atoms with Crippen LogP contribution in [-0.4, -0.2) is 25.2 Å². The zero-order chi connectivity index (χ0) is 24.1. The maximum Gasteiger partial charge on any atom is 0.257 e. The zero-order valence-electron chi connectivity index (χ0n) is 18.9. The van der Waals surface area contributed by atoms with Crippen molar-refractivity contribution in [3.63, 3.8) is 0 Å². The molecule has 1 saturated carbocycles. The molecule has 9 heteroatoms. The minimum atomic E-state index is -3.90. The van der Waals surface area contributed by atoms with Crippen molar-refractivity contribution >= 4 is 38.7 Å². The lowest BCUT2D eigenvalue weighted by Gasteiger charge is -2.15. The highest BCUT2D eigenvalue weighted by Gasteiger charge is 2.33. The molecule has 2 aromatic carbocycles. The molecular formula is C25H25N3O4S2. The lowest BCUT2D eigenvalue weighted by molar-refractivity contribution is 0.0949. The molecule has 1 aliphatic carbocycles. The van der Waals surface area contributed by atoms with Gasteiger partial charge in [0.25, 0.3) is 11.8 Å². The number of nitrogens with one attached hydrogen (secondary N) is 2. The first-order chi connectivity index (χ1) is 16.1. The standard InChI is InChI=1S/C25H25N3O4S2/c1-25(2)10-9-16(12-25)24-27-14-17(33-24)13-26-22(29)15-7-8-21-19(11-15)28-23(30)18-5-3-4-6-20(18)34(21,31)32/h3-8,11,14,16H,9-10,12-13H2,1-2H3,(H,26,29)(H,28,30). The van der Waals surface area contributed by atoms with Crippen molar-refractivity contribution in [1.29, 1.82) is 0 Å². The van der Waals surface area contributed by atoms with Crippen LogP contribution in [0.25, 0.3) is 0 Å². The Balaban J connectivity index is 1.32. The number of benzene rings is 2. The minimum Gasteiger partial charge on any atom is -0.347 e. The number of carbonyl (C=O) groups excluding carboxylic acids is 2. The summed E-state index contributed by atoms with van der Waals surface area (Å²) in [6.45, 7) is 4.91. The third-order valence-corrected chi connectivity index (χ3v) is 9.54. The van der Waals surface area contributed by atoms with Crippen LogP contribution >= 0.6 is 11.3 Å². The van der Waals surface area contributed by atoms with Crippen LogP contribution in [0.5, 0.6) is 0 Å². The Morgan fingerprint density at radius 1 is 1.21 bits per heavy atom. The van der Waals surface area contributed by atoms with Gasteiger partial charge in [-0.3, -0.25) is 9.59 Å². The second-order valence-electron chi connectivity index (χ2n) is 9.62. The van der Waals surface area contributed by atoms with Crippen molar-refractivity contribution in [1.82, 2.24) is 10.3 Å². The molecule has 2 amide bonds. The fraction of sp³-hybridized carbons (Fsp3) is 0.320. The average molecular weight is 496 g/mol. The fourth-order valence-electron chi connectivity index (χ4n) is 4.71. The molecule has 1 aromatic heterocycles. The molecule has 1 atom stereocenters. The van der Waals surface area contributed by atoms with Crippen molar-refractivity contribution in [3.8, 4) is 0 Å². The summed E-state index contributed by atoms with van der Waals surface area (Å²) in [5.74, 6) is -0.403. The summed E-state index contributed by atoms with van der Waals surface area (Å²) in [6, 6.07) is 10.3. The molecule has 176 valence electrons. The molecule has 7 nitrogen and oxygen atoms in total. The topological polar surface area (TPSA) is 105 Å². The minimum absolute atomic E-state index is 0.0334. The Morgan fingerprint density at radius 3 is 2.76 bits per heavy atom. The van der Waals surface area contributed by atoms with Crippen LogP contribution in [0.1, 0.15) is 69.6 Å². The summed E-state index contributed by atoms with van der Waals surface area (Å²) < 4.78 is 26.2. The van der Waals surface area contributed by atoms with Crippen LogP contribution < -0.4 is 10.6 Å². The first-order valence-corrected chi connectivity index (χ1v) is 13.5. The van der Waals surface area contributed by atoms with E-state index >= 15 is 0 Å². The number of anilines is 1. The molecule has 0 saturated heterocycles. The van der Waals surface area contributed by atoms with Crippen LogP contribution in [0.2, 0.25) is 0 Å². The molecule has 1 aliphatic heterocycles. The number of hydrogen-bond acceptors (Lipinski definition) is 6. The molecule has 0 spiro atoms. The second-order valence-corrected chi connectivity index (χ2v) is 12.6. The molecule has 5 rings (SSSR count). The number of rotatable bonds is 4. The molecular weight excluding hydrogens is 470 g/mol. The van der Waals surface area contributed by atoms with E-state index in [-0.39, 0.29) is 32.5 Å². The predicted molar refractivity (Wildman–Crippen MR) is 130 cm³/mol. The Morgan fingerprint density at radius 2 is 2.00 bits per heavy atom. The van der Waals surface area contributed by atoms with Crippen molar-refractivity contribution in [2.24, 2.45) is 5.41 Å². The van der Waals surface area contributed by atoms with E-state index in [1.165, 1.54) is 36.8 Å². The van der Waals surface area contributed by atoms with Gasteiger partial charge in [-0.2, -0.15) is 0 Å². The summed E-state index contributed by atoms with van der Waals surface area (Å²) >= 11 is 1.62. The van der Waals surface area contributed by atoms with Gasteiger partial charge >= 0.3 is 0 Å². The van der Waals surface area contributed by atoms with E-state index in [2.05, 4.69) is 29.5 Å². The van der Waals surface area contributed by atoms with E-state index in [0.29, 0.717) is 17.9 Å². The van der Waals surface area contributed by atoms with Gasteiger partial charge in [0.15, 0.2) is 0 Å². The van der Waals surface area contributed by atoms with Gasteiger partial charge in [-0.1, -0.05) is 26.0 Å². The van der Waals surface area contributed by atoms with Gasteiger partial charge in [0, 0.05) is 22.6 Å². The van der Waals surface area contributed by atoms with Gasteiger partial charge in [0.05, 0.1) is 32.6 Å². The van der Waals surface area contributed by atoms with Crippen LogP contribution in [0.3, 0.4) is 0 Å². The molecule has 3 aromatic rings. The number of fused-ring (bicyclic) bond motifs is 2. The highest BCUT2D eigenvalue weighted by Crippen LogP contribution is 2.46. The average Bonchev–Trinajstić information content (AvgIpc) is 3.41. The Kier molecular flexibility index (Phi) is 5.56. The number of nitrogens with zero attached hydrogens (tertiary/aromatic N) is 1. The monoisotopic (exact) mass is 495 g/mol. The summed E-state index contributed by atoms with van der Waals surface area (Å²) in [7, 11) is -3.90. The zero-order valence-corrected chi connectivity index (χ0v) is 20.6. The van der Waals surface area contributed by atoms with Crippen LogP contribution in [-0.2, 0) is 16.4 Å².